The van der Waals surface area contributed by atoms with Gasteiger partial charge in [-0.05, 0) is 29.8 Å². The molecule has 116 valence electrons. The molecule has 3 rings (SSSR count). The number of hydrogen-bond acceptors (Lipinski definition) is 5. The maximum atomic E-state index is 12.8. The molecule has 0 unspecified atom stereocenters. The van der Waals surface area contributed by atoms with E-state index in [0.717, 1.165) is 0 Å². The fraction of sp³-hybridized carbons (Fsp3) is 0.0625. The lowest BCUT2D eigenvalue weighted by Crippen LogP contribution is -2.28. The van der Waals surface area contributed by atoms with Gasteiger partial charge in [0.05, 0.1) is 0 Å². The van der Waals surface area contributed by atoms with Gasteiger partial charge in [0.2, 0.25) is 0 Å². The van der Waals surface area contributed by atoms with Crippen molar-refractivity contribution in [2.75, 3.05) is 0 Å². The number of nitrogens with one attached hydrogen (secondary N) is 1. The number of aromatic nitrogens is 1. The molecule has 0 bridgehead atoms. The summed E-state index contributed by atoms with van der Waals surface area (Å²) in [6, 6.07) is 8.52. The van der Waals surface area contributed by atoms with Crippen molar-refractivity contribution in [2.45, 2.75) is 6.54 Å². The van der Waals surface area contributed by atoms with E-state index in [2.05, 4.69) is 10.3 Å². The summed E-state index contributed by atoms with van der Waals surface area (Å²) in [5.74, 6) is -1.72. The number of rotatable bonds is 3. The average Bonchev–Trinajstić information content (AvgIpc) is 2.54. The molecule has 0 saturated heterocycles. The van der Waals surface area contributed by atoms with Crippen molar-refractivity contribution in [3.8, 4) is 5.75 Å². The van der Waals surface area contributed by atoms with Crippen LogP contribution in [0.4, 0.5) is 4.39 Å². The number of benzene rings is 1. The molecule has 2 aromatic heterocycles. The van der Waals surface area contributed by atoms with Crippen LogP contribution in [-0.4, -0.2) is 16.0 Å². The second-order valence-corrected chi connectivity index (χ2v) is 4.77. The molecule has 6 nitrogen and oxygen atoms in total. The SMILES string of the molecule is O=C(NCc1ccc(F)cc1)c1c(O)c2ncccc2oc1=O. The van der Waals surface area contributed by atoms with Crippen LogP contribution in [0.1, 0.15) is 15.9 Å². The lowest BCUT2D eigenvalue weighted by atomic mass is 10.2. The molecular formula is C16H11FN2O4. The number of pyridine rings is 1. The van der Waals surface area contributed by atoms with Crippen LogP contribution in [-0.2, 0) is 6.54 Å². The Balaban J connectivity index is 1.89. The second kappa shape index (κ2) is 5.88. The highest BCUT2D eigenvalue weighted by Crippen LogP contribution is 2.23. The Hall–Kier alpha value is -3.22. The maximum Gasteiger partial charge on any atom is 0.353 e. The van der Waals surface area contributed by atoms with E-state index in [1.54, 1.807) is 6.07 Å². The standard InChI is InChI=1S/C16H11FN2O4/c17-10-5-3-9(4-6-10)8-19-15(21)12-14(20)13-11(23-16(12)22)2-1-7-18-13/h1-7,20H,8H2,(H,19,21). The van der Waals surface area contributed by atoms with Crippen LogP contribution in [0.15, 0.2) is 51.8 Å². The van der Waals surface area contributed by atoms with Gasteiger partial charge in [-0.3, -0.25) is 4.79 Å². The van der Waals surface area contributed by atoms with E-state index < -0.39 is 22.8 Å². The third kappa shape index (κ3) is 2.89. The maximum absolute atomic E-state index is 12.8. The normalized spacial score (nSPS) is 10.7. The predicted octanol–water partition coefficient (Wildman–Crippen LogP) is 1.96. The molecule has 0 spiro atoms. The van der Waals surface area contributed by atoms with E-state index in [0.29, 0.717) is 5.56 Å². The molecule has 2 N–H and O–H groups in total. The number of aromatic hydroxyl groups is 1. The van der Waals surface area contributed by atoms with E-state index in [4.69, 9.17) is 4.42 Å². The van der Waals surface area contributed by atoms with E-state index in [1.165, 1.54) is 36.5 Å². The van der Waals surface area contributed by atoms with Crippen LogP contribution in [0.5, 0.6) is 5.75 Å². The molecule has 0 fully saturated rings. The third-order valence-electron chi connectivity index (χ3n) is 3.23. The zero-order valence-corrected chi connectivity index (χ0v) is 11.7. The van der Waals surface area contributed by atoms with Crippen molar-refractivity contribution in [3.05, 3.63) is 70.0 Å². The quantitative estimate of drug-likeness (QED) is 0.771. The number of amides is 1. The number of fused-ring (bicyclic) bond motifs is 1. The molecule has 3 aromatic rings. The molecule has 0 saturated carbocycles. The van der Waals surface area contributed by atoms with Gasteiger partial charge in [-0.25, -0.2) is 14.2 Å². The minimum atomic E-state index is -0.959. The predicted molar refractivity (Wildman–Crippen MR) is 79.5 cm³/mol. The number of hydrogen-bond donors (Lipinski definition) is 2. The van der Waals surface area contributed by atoms with E-state index in [1.807, 2.05) is 0 Å². The molecule has 0 radical (unpaired) electrons. The number of halogens is 1. The van der Waals surface area contributed by atoms with Crippen LogP contribution in [0, 0.1) is 5.82 Å². The molecule has 0 aliphatic rings. The fourth-order valence-corrected chi connectivity index (χ4v) is 2.09. The van der Waals surface area contributed by atoms with Gasteiger partial charge in [-0.1, -0.05) is 12.1 Å². The summed E-state index contributed by atoms with van der Waals surface area (Å²) < 4.78 is 17.8. The van der Waals surface area contributed by atoms with Crippen LogP contribution in [0.2, 0.25) is 0 Å². The summed E-state index contributed by atoms with van der Waals surface area (Å²) in [6.45, 7) is 0.0677. The number of carbonyl (C=O) groups excluding carboxylic acids is 1. The largest absolute Gasteiger partial charge is 0.505 e. The Morgan fingerprint density at radius 3 is 2.74 bits per heavy atom. The molecule has 1 aromatic carbocycles. The molecule has 0 aliphatic heterocycles. The van der Waals surface area contributed by atoms with Gasteiger partial charge in [0.25, 0.3) is 5.91 Å². The van der Waals surface area contributed by atoms with Gasteiger partial charge in [0.15, 0.2) is 16.9 Å². The van der Waals surface area contributed by atoms with Crippen molar-refractivity contribution in [1.82, 2.24) is 10.3 Å². The lowest BCUT2D eigenvalue weighted by molar-refractivity contribution is 0.0944. The Morgan fingerprint density at radius 1 is 1.26 bits per heavy atom. The lowest BCUT2D eigenvalue weighted by Gasteiger charge is -2.07. The Labute approximate surface area is 129 Å². The first kappa shape index (κ1) is 14.7. The summed E-state index contributed by atoms with van der Waals surface area (Å²) in [7, 11) is 0. The highest BCUT2D eigenvalue weighted by atomic mass is 19.1. The summed E-state index contributed by atoms with van der Waals surface area (Å²) in [5, 5.41) is 12.6. The highest BCUT2D eigenvalue weighted by molar-refractivity contribution is 6.00. The molecule has 0 aliphatic carbocycles. The molecule has 1 amide bonds. The van der Waals surface area contributed by atoms with Gasteiger partial charge in [-0.15, -0.1) is 0 Å². The summed E-state index contributed by atoms with van der Waals surface area (Å²) in [5.41, 5.74) is -0.718. The minimum absolute atomic E-state index is 0.0269. The van der Waals surface area contributed by atoms with Crippen LogP contribution in [0.3, 0.4) is 0 Å². The summed E-state index contributed by atoms with van der Waals surface area (Å²) in [4.78, 5) is 27.9. The van der Waals surface area contributed by atoms with E-state index in [-0.39, 0.29) is 23.5 Å². The van der Waals surface area contributed by atoms with E-state index >= 15 is 0 Å². The van der Waals surface area contributed by atoms with E-state index in [9.17, 15) is 19.1 Å². The summed E-state index contributed by atoms with van der Waals surface area (Å²) >= 11 is 0. The molecule has 0 atom stereocenters. The zero-order chi connectivity index (χ0) is 16.4. The highest BCUT2D eigenvalue weighted by Gasteiger charge is 2.21. The smallest absolute Gasteiger partial charge is 0.353 e. The first-order chi connectivity index (χ1) is 11.1. The molecule has 7 heteroatoms. The van der Waals surface area contributed by atoms with Gasteiger partial charge in [0.1, 0.15) is 11.3 Å². The molecular weight excluding hydrogens is 303 g/mol. The number of carbonyl (C=O) groups is 1. The van der Waals surface area contributed by atoms with Crippen LogP contribution in [0.25, 0.3) is 11.1 Å². The zero-order valence-electron chi connectivity index (χ0n) is 11.7. The topological polar surface area (TPSA) is 92.4 Å². The molecule has 23 heavy (non-hydrogen) atoms. The van der Waals surface area contributed by atoms with Crippen molar-refractivity contribution in [2.24, 2.45) is 0 Å². The average molecular weight is 314 g/mol. The number of nitrogens with zero attached hydrogens (tertiary/aromatic N) is 1. The first-order valence-electron chi connectivity index (χ1n) is 6.69. The van der Waals surface area contributed by atoms with Crippen molar-refractivity contribution < 1.29 is 18.7 Å². The Bertz CT molecular complexity index is 935. The second-order valence-electron chi connectivity index (χ2n) is 4.77. The minimum Gasteiger partial charge on any atom is -0.505 e. The Morgan fingerprint density at radius 2 is 2.00 bits per heavy atom. The third-order valence-corrected chi connectivity index (χ3v) is 3.23. The van der Waals surface area contributed by atoms with Gasteiger partial charge < -0.3 is 14.8 Å². The van der Waals surface area contributed by atoms with Crippen LogP contribution < -0.4 is 10.9 Å². The van der Waals surface area contributed by atoms with Gasteiger partial charge >= 0.3 is 5.63 Å². The summed E-state index contributed by atoms with van der Waals surface area (Å²) in [6.07, 6.45) is 1.41. The Kier molecular flexibility index (Phi) is 3.76. The van der Waals surface area contributed by atoms with Gasteiger partial charge in [-0.2, -0.15) is 0 Å². The van der Waals surface area contributed by atoms with Crippen LogP contribution >= 0.6 is 0 Å². The van der Waals surface area contributed by atoms with Crippen molar-refractivity contribution >= 4 is 17.0 Å². The fourth-order valence-electron chi connectivity index (χ4n) is 2.09. The van der Waals surface area contributed by atoms with Crippen molar-refractivity contribution in [3.63, 3.8) is 0 Å². The first-order valence-corrected chi connectivity index (χ1v) is 6.69. The monoisotopic (exact) mass is 314 g/mol. The van der Waals surface area contributed by atoms with Gasteiger partial charge in [0, 0.05) is 12.7 Å². The molecule has 2 heterocycles. The van der Waals surface area contributed by atoms with Crippen molar-refractivity contribution in [1.29, 1.82) is 0 Å².